The minimum atomic E-state index is -3.63. The molecule has 0 amide bonds. The predicted molar refractivity (Wildman–Crippen MR) is 75.4 cm³/mol. The van der Waals surface area contributed by atoms with Crippen LogP contribution in [0.1, 0.15) is 31.7 Å². The number of aryl methyl sites for hydroxylation is 1. The molecule has 0 bridgehead atoms. The third-order valence-electron chi connectivity index (χ3n) is 3.60. The molecule has 19 heavy (non-hydrogen) atoms. The Balaban J connectivity index is 2.03. The fourth-order valence-corrected chi connectivity index (χ4v) is 3.20. The standard InChI is InChI=1S/C15H20O3S/c1-12-7-9-15(10-8-12)19(16,17)18-11-14-6-4-3-5-13(14)2/h5,7-10,14H,3-4,6,11H2,1-2H3. The summed E-state index contributed by atoms with van der Waals surface area (Å²) in [6.07, 6.45) is 5.38. The second-order valence-corrected chi connectivity index (χ2v) is 6.74. The van der Waals surface area contributed by atoms with Gasteiger partial charge in [0.1, 0.15) is 0 Å². The highest BCUT2D eigenvalue weighted by Gasteiger charge is 2.20. The van der Waals surface area contributed by atoms with Crippen molar-refractivity contribution >= 4 is 10.1 Å². The maximum atomic E-state index is 12.1. The Kier molecular flexibility index (Phi) is 4.42. The second kappa shape index (κ2) is 5.88. The van der Waals surface area contributed by atoms with E-state index in [4.69, 9.17) is 4.18 Å². The molecule has 1 aromatic rings. The maximum Gasteiger partial charge on any atom is 0.296 e. The Morgan fingerprint density at radius 2 is 1.89 bits per heavy atom. The van der Waals surface area contributed by atoms with Gasteiger partial charge in [-0.25, -0.2) is 0 Å². The van der Waals surface area contributed by atoms with Crippen molar-refractivity contribution in [2.75, 3.05) is 6.61 Å². The summed E-state index contributed by atoms with van der Waals surface area (Å²) in [7, 11) is -3.63. The Labute approximate surface area is 115 Å². The van der Waals surface area contributed by atoms with E-state index in [9.17, 15) is 8.42 Å². The molecule has 1 aromatic carbocycles. The molecule has 0 aromatic heterocycles. The molecule has 1 aliphatic rings. The van der Waals surface area contributed by atoms with Gasteiger partial charge in [0.25, 0.3) is 10.1 Å². The molecule has 1 unspecified atom stereocenters. The zero-order valence-electron chi connectivity index (χ0n) is 11.4. The first-order valence-corrected chi connectivity index (χ1v) is 8.02. The van der Waals surface area contributed by atoms with Gasteiger partial charge < -0.3 is 0 Å². The van der Waals surface area contributed by atoms with Crippen LogP contribution in [0.5, 0.6) is 0 Å². The van der Waals surface area contributed by atoms with Gasteiger partial charge in [0, 0.05) is 5.92 Å². The molecule has 104 valence electrons. The Morgan fingerprint density at radius 1 is 1.21 bits per heavy atom. The highest BCUT2D eigenvalue weighted by atomic mass is 32.2. The molecule has 3 nitrogen and oxygen atoms in total. The lowest BCUT2D eigenvalue weighted by atomic mass is 9.90. The fourth-order valence-electron chi connectivity index (χ4n) is 2.25. The number of benzene rings is 1. The van der Waals surface area contributed by atoms with Crippen molar-refractivity contribution < 1.29 is 12.6 Å². The van der Waals surface area contributed by atoms with Gasteiger partial charge in [0.05, 0.1) is 11.5 Å². The summed E-state index contributed by atoms with van der Waals surface area (Å²) in [6.45, 7) is 4.22. The molecule has 0 aliphatic heterocycles. The largest absolute Gasteiger partial charge is 0.296 e. The summed E-state index contributed by atoms with van der Waals surface area (Å²) in [4.78, 5) is 0.232. The number of hydrogen-bond acceptors (Lipinski definition) is 3. The number of rotatable bonds is 4. The van der Waals surface area contributed by atoms with Crippen LogP contribution < -0.4 is 0 Å². The monoisotopic (exact) mass is 280 g/mol. The van der Waals surface area contributed by atoms with Crippen molar-refractivity contribution in [2.45, 2.75) is 38.0 Å². The smallest absolute Gasteiger partial charge is 0.266 e. The molecule has 1 aliphatic carbocycles. The zero-order chi connectivity index (χ0) is 13.9. The molecule has 4 heteroatoms. The molecule has 1 atom stereocenters. The van der Waals surface area contributed by atoms with E-state index < -0.39 is 10.1 Å². The van der Waals surface area contributed by atoms with Crippen LogP contribution in [0.2, 0.25) is 0 Å². The number of allylic oxidation sites excluding steroid dienone is 1. The zero-order valence-corrected chi connectivity index (χ0v) is 12.2. The van der Waals surface area contributed by atoms with E-state index in [0.29, 0.717) is 0 Å². The van der Waals surface area contributed by atoms with Crippen LogP contribution in [-0.4, -0.2) is 15.0 Å². The Hall–Kier alpha value is -1.13. The maximum absolute atomic E-state index is 12.1. The lowest BCUT2D eigenvalue weighted by molar-refractivity contribution is 0.260. The summed E-state index contributed by atoms with van der Waals surface area (Å²) in [5, 5.41) is 0. The molecule has 0 radical (unpaired) electrons. The molecule has 0 spiro atoms. The molecule has 2 rings (SSSR count). The molecule has 0 fully saturated rings. The highest BCUT2D eigenvalue weighted by molar-refractivity contribution is 7.86. The molecular weight excluding hydrogens is 260 g/mol. The predicted octanol–water partition coefficient (Wildman–Crippen LogP) is 3.45. The van der Waals surface area contributed by atoms with Crippen molar-refractivity contribution in [3.05, 3.63) is 41.5 Å². The van der Waals surface area contributed by atoms with Crippen LogP contribution in [0.3, 0.4) is 0 Å². The van der Waals surface area contributed by atoms with Crippen molar-refractivity contribution in [2.24, 2.45) is 5.92 Å². The van der Waals surface area contributed by atoms with Gasteiger partial charge in [-0.05, 0) is 45.2 Å². The normalized spacial score (nSPS) is 20.1. The van der Waals surface area contributed by atoms with Crippen molar-refractivity contribution in [1.82, 2.24) is 0 Å². The van der Waals surface area contributed by atoms with E-state index in [1.807, 2.05) is 13.8 Å². The first-order valence-electron chi connectivity index (χ1n) is 6.62. The lowest BCUT2D eigenvalue weighted by Gasteiger charge is -2.21. The summed E-state index contributed by atoms with van der Waals surface area (Å²) in [5.74, 6) is 0.231. The minimum absolute atomic E-state index is 0.231. The third-order valence-corrected chi connectivity index (χ3v) is 4.90. The average molecular weight is 280 g/mol. The molecule has 0 saturated heterocycles. The summed E-state index contributed by atoms with van der Waals surface area (Å²) < 4.78 is 29.3. The average Bonchev–Trinajstić information content (AvgIpc) is 2.38. The van der Waals surface area contributed by atoms with Crippen molar-refractivity contribution in [1.29, 1.82) is 0 Å². The SMILES string of the molecule is CC1=CCCCC1COS(=O)(=O)c1ccc(C)cc1. The van der Waals surface area contributed by atoms with Crippen LogP contribution in [0, 0.1) is 12.8 Å². The van der Waals surface area contributed by atoms with E-state index >= 15 is 0 Å². The van der Waals surface area contributed by atoms with Gasteiger partial charge >= 0.3 is 0 Å². The fraction of sp³-hybridized carbons (Fsp3) is 0.467. The van der Waals surface area contributed by atoms with E-state index in [2.05, 4.69) is 6.08 Å². The van der Waals surface area contributed by atoms with Gasteiger partial charge in [-0.15, -0.1) is 0 Å². The van der Waals surface area contributed by atoms with Gasteiger partial charge in [-0.1, -0.05) is 29.3 Å². The topological polar surface area (TPSA) is 43.4 Å². The highest BCUT2D eigenvalue weighted by Crippen LogP contribution is 2.25. The molecule has 0 heterocycles. The van der Waals surface area contributed by atoms with E-state index in [0.717, 1.165) is 24.8 Å². The first-order chi connectivity index (χ1) is 8.99. The second-order valence-electron chi connectivity index (χ2n) is 5.13. The number of hydrogen-bond donors (Lipinski definition) is 0. The van der Waals surface area contributed by atoms with Crippen LogP contribution in [0.4, 0.5) is 0 Å². The van der Waals surface area contributed by atoms with E-state index in [1.54, 1.807) is 24.3 Å². The van der Waals surface area contributed by atoms with Gasteiger partial charge in [-0.2, -0.15) is 8.42 Å². The van der Waals surface area contributed by atoms with Crippen LogP contribution >= 0.6 is 0 Å². The summed E-state index contributed by atoms with van der Waals surface area (Å²) in [5.41, 5.74) is 2.27. The van der Waals surface area contributed by atoms with E-state index in [1.165, 1.54) is 5.57 Å². The van der Waals surface area contributed by atoms with E-state index in [-0.39, 0.29) is 17.4 Å². The summed E-state index contributed by atoms with van der Waals surface area (Å²) >= 11 is 0. The summed E-state index contributed by atoms with van der Waals surface area (Å²) in [6, 6.07) is 6.74. The Bertz CT molecular complexity index is 556. The lowest BCUT2D eigenvalue weighted by Crippen LogP contribution is -2.17. The minimum Gasteiger partial charge on any atom is -0.266 e. The van der Waals surface area contributed by atoms with Gasteiger partial charge in [-0.3, -0.25) is 4.18 Å². The molecule has 0 saturated carbocycles. The first kappa shape index (κ1) is 14.3. The third kappa shape index (κ3) is 3.67. The Morgan fingerprint density at radius 3 is 2.53 bits per heavy atom. The molecular formula is C15H20O3S. The van der Waals surface area contributed by atoms with Crippen LogP contribution in [0.25, 0.3) is 0 Å². The van der Waals surface area contributed by atoms with Gasteiger partial charge in [0.2, 0.25) is 0 Å². The quantitative estimate of drug-likeness (QED) is 0.626. The van der Waals surface area contributed by atoms with Crippen molar-refractivity contribution in [3.8, 4) is 0 Å². The van der Waals surface area contributed by atoms with Crippen LogP contribution in [-0.2, 0) is 14.3 Å². The van der Waals surface area contributed by atoms with Crippen LogP contribution in [0.15, 0.2) is 40.8 Å². The molecule has 0 N–H and O–H groups in total. The van der Waals surface area contributed by atoms with Crippen molar-refractivity contribution in [3.63, 3.8) is 0 Å². The van der Waals surface area contributed by atoms with Gasteiger partial charge in [0.15, 0.2) is 0 Å².